The molecule has 30 heavy (non-hydrogen) atoms. The van der Waals surface area contributed by atoms with Crippen LogP contribution >= 0.6 is 0 Å². The van der Waals surface area contributed by atoms with E-state index in [1.54, 1.807) is 0 Å². The van der Waals surface area contributed by atoms with E-state index in [1.165, 1.54) is 11.3 Å². The molecule has 1 fully saturated rings. The number of fused-ring (bicyclic) bond motifs is 1. The lowest BCUT2D eigenvalue weighted by Gasteiger charge is -2.36. The second kappa shape index (κ2) is 9.21. The highest BCUT2D eigenvalue weighted by molar-refractivity contribution is 5.97. The number of carbonyl (C=O) groups is 1. The summed E-state index contributed by atoms with van der Waals surface area (Å²) in [6.45, 7) is 9.90. The Bertz CT molecular complexity index is 890. The molecule has 2 aliphatic heterocycles. The Morgan fingerprint density at radius 1 is 1.30 bits per heavy atom. The van der Waals surface area contributed by atoms with E-state index in [0.29, 0.717) is 30.4 Å². The molecule has 0 aliphatic carbocycles. The third-order valence-electron chi connectivity index (χ3n) is 5.96. The van der Waals surface area contributed by atoms with Crippen molar-refractivity contribution < 1.29 is 14.3 Å². The number of amides is 1. The summed E-state index contributed by atoms with van der Waals surface area (Å²) < 4.78 is 13.7. The van der Waals surface area contributed by atoms with Gasteiger partial charge in [-0.25, -0.2) is 0 Å². The predicted octanol–water partition coefficient (Wildman–Crippen LogP) is 4.38. The number of benzene rings is 1. The molecule has 1 amide bonds. The van der Waals surface area contributed by atoms with Crippen molar-refractivity contribution in [2.45, 2.75) is 65.6 Å². The number of para-hydroxylation sites is 1. The Kier molecular flexibility index (Phi) is 6.42. The fourth-order valence-corrected chi connectivity index (χ4v) is 4.64. The Morgan fingerprint density at radius 2 is 2.13 bits per heavy atom. The summed E-state index contributed by atoms with van der Waals surface area (Å²) in [7, 11) is 0. The summed E-state index contributed by atoms with van der Waals surface area (Å²) in [5.74, 6) is 1.21. The van der Waals surface area contributed by atoms with Crippen molar-refractivity contribution in [3.63, 3.8) is 0 Å². The number of hydrogen-bond donors (Lipinski definition) is 0. The summed E-state index contributed by atoms with van der Waals surface area (Å²) in [6.07, 6.45) is 3.95. The summed E-state index contributed by atoms with van der Waals surface area (Å²) in [4.78, 5) is 15.6. The second-order valence-electron chi connectivity index (χ2n) is 8.63. The number of ether oxygens (including phenoxy) is 2. The van der Waals surface area contributed by atoms with Crippen molar-refractivity contribution in [2.75, 3.05) is 19.8 Å². The van der Waals surface area contributed by atoms with Gasteiger partial charge in [0.25, 0.3) is 5.91 Å². The van der Waals surface area contributed by atoms with Gasteiger partial charge in [0.05, 0.1) is 37.1 Å². The van der Waals surface area contributed by atoms with Gasteiger partial charge < -0.3 is 14.4 Å². The molecule has 0 N–H and O–H groups in total. The van der Waals surface area contributed by atoms with Crippen LogP contribution in [0.1, 0.15) is 73.4 Å². The third-order valence-corrected chi connectivity index (χ3v) is 5.96. The van der Waals surface area contributed by atoms with Crippen LogP contribution in [0.15, 0.2) is 24.3 Å². The van der Waals surface area contributed by atoms with Crippen LogP contribution in [0.3, 0.4) is 0 Å². The van der Waals surface area contributed by atoms with Crippen molar-refractivity contribution in [1.82, 2.24) is 14.7 Å². The molecule has 2 aliphatic rings. The van der Waals surface area contributed by atoms with Crippen LogP contribution in [0.4, 0.5) is 0 Å². The first-order valence-electron chi connectivity index (χ1n) is 11.3. The zero-order valence-electron chi connectivity index (χ0n) is 18.4. The molecule has 1 aromatic carbocycles. The van der Waals surface area contributed by atoms with Gasteiger partial charge in [0.2, 0.25) is 0 Å². The standard InChI is InChI=1S/C24H33N3O3/c1-4-30-22-11-6-5-9-18(22)24(28)26-13-8-7-10-21(26)23-19-16-29-14-12-20(19)27(25-23)15-17(2)3/h5-6,9,11,17,21H,4,7-8,10,12-16H2,1-3H3. The summed E-state index contributed by atoms with van der Waals surface area (Å²) in [5.41, 5.74) is 4.16. The lowest BCUT2D eigenvalue weighted by atomic mass is 9.94. The van der Waals surface area contributed by atoms with Crippen LogP contribution in [-0.2, 0) is 24.3 Å². The van der Waals surface area contributed by atoms with Crippen molar-refractivity contribution in [1.29, 1.82) is 0 Å². The van der Waals surface area contributed by atoms with Crippen molar-refractivity contribution in [3.8, 4) is 5.75 Å². The van der Waals surface area contributed by atoms with Crippen LogP contribution in [-0.4, -0.2) is 40.3 Å². The zero-order valence-corrected chi connectivity index (χ0v) is 18.4. The molecule has 1 aromatic heterocycles. The molecule has 6 nitrogen and oxygen atoms in total. The van der Waals surface area contributed by atoms with Crippen molar-refractivity contribution in [3.05, 3.63) is 46.8 Å². The van der Waals surface area contributed by atoms with Gasteiger partial charge in [-0.05, 0) is 44.2 Å². The minimum atomic E-state index is -0.00945. The van der Waals surface area contributed by atoms with Crippen LogP contribution in [0.5, 0.6) is 5.75 Å². The average molecular weight is 412 g/mol. The zero-order chi connectivity index (χ0) is 21.1. The molecule has 162 valence electrons. The summed E-state index contributed by atoms with van der Waals surface area (Å²) >= 11 is 0. The monoisotopic (exact) mass is 411 g/mol. The van der Waals surface area contributed by atoms with Crippen molar-refractivity contribution >= 4 is 5.91 Å². The van der Waals surface area contributed by atoms with Gasteiger partial charge in [0.1, 0.15) is 5.75 Å². The smallest absolute Gasteiger partial charge is 0.258 e. The first kappa shape index (κ1) is 20.9. The second-order valence-corrected chi connectivity index (χ2v) is 8.63. The number of likely N-dealkylation sites (tertiary alicyclic amines) is 1. The van der Waals surface area contributed by atoms with Gasteiger partial charge in [0, 0.05) is 30.8 Å². The van der Waals surface area contributed by atoms with E-state index in [1.807, 2.05) is 36.1 Å². The molecule has 1 saturated heterocycles. The lowest BCUT2D eigenvalue weighted by Crippen LogP contribution is -2.39. The van der Waals surface area contributed by atoms with Gasteiger partial charge in [-0.2, -0.15) is 5.10 Å². The average Bonchev–Trinajstić information content (AvgIpc) is 3.12. The minimum absolute atomic E-state index is 0.00945. The highest BCUT2D eigenvalue weighted by Crippen LogP contribution is 2.37. The maximum absolute atomic E-state index is 13.6. The molecule has 1 atom stereocenters. The topological polar surface area (TPSA) is 56.6 Å². The van der Waals surface area contributed by atoms with E-state index in [-0.39, 0.29) is 11.9 Å². The van der Waals surface area contributed by atoms with Crippen LogP contribution < -0.4 is 4.74 Å². The number of piperidine rings is 1. The van der Waals surface area contributed by atoms with E-state index in [0.717, 1.165) is 51.1 Å². The van der Waals surface area contributed by atoms with Crippen molar-refractivity contribution in [2.24, 2.45) is 5.92 Å². The quantitative estimate of drug-likeness (QED) is 0.708. The van der Waals surface area contributed by atoms with E-state index < -0.39 is 0 Å². The fraction of sp³-hybridized carbons (Fsp3) is 0.583. The highest BCUT2D eigenvalue weighted by atomic mass is 16.5. The molecule has 0 radical (unpaired) electrons. The third kappa shape index (κ3) is 4.10. The highest BCUT2D eigenvalue weighted by Gasteiger charge is 2.35. The Morgan fingerprint density at radius 3 is 2.93 bits per heavy atom. The first-order chi connectivity index (χ1) is 14.6. The van der Waals surface area contributed by atoms with E-state index >= 15 is 0 Å². The normalized spacial score (nSPS) is 19.1. The van der Waals surface area contributed by atoms with Crippen LogP contribution in [0, 0.1) is 5.92 Å². The number of aromatic nitrogens is 2. The predicted molar refractivity (Wildman–Crippen MR) is 116 cm³/mol. The number of carbonyl (C=O) groups excluding carboxylic acids is 1. The molecule has 3 heterocycles. The molecule has 0 bridgehead atoms. The van der Waals surface area contributed by atoms with E-state index in [4.69, 9.17) is 14.6 Å². The van der Waals surface area contributed by atoms with Crippen LogP contribution in [0.25, 0.3) is 0 Å². The maximum Gasteiger partial charge on any atom is 0.258 e. The van der Waals surface area contributed by atoms with E-state index in [2.05, 4.69) is 18.5 Å². The molecule has 1 unspecified atom stereocenters. The van der Waals surface area contributed by atoms with Gasteiger partial charge in [-0.15, -0.1) is 0 Å². The fourth-order valence-electron chi connectivity index (χ4n) is 4.64. The van der Waals surface area contributed by atoms with E-state index in [9.17, 15) is 4.79 Å². The summed E-state index contributed by atoms with van der Waals surface area (Å²) in [6, 6.07) is 7.56. The van der Waals surface area contributed by atoms with Gasteiger partial charge in [-0.3, -0.25) is 9.48 Å². The Labute approximate surface area is 179 Å². The SMILES string of the molecule is CCOc1ccccc1C(=O)N1CCCCC1c1nn(CC(C)C)c2c1COCC2. The number of nitrogens with zero attached hydrogens (tertiary/aromatic N) is 3. The molecule has 2 aromatic rings. The molecule has 0 spiro atoms. The van der Waals surface area contributed by atoms with Gasteiger partial charge in [-0.1, -0.05) is 26.0 Å². The number of hydrogen-bond acceptors (Lipinski definition) is 4. The molecule has 4 rings (SSSR count). The molecular formula is C24H33N3O3. The first-order valence-corrected chi connectivity index (χ1v) is 11.3. The number of rotatable bonds is 6. The molecule has 0 saturated carbocycles. The largest absolute Gasteiger partial charge is 0.493 e. The maximum atomic E-state index is 13.6. The molecule has 6 heteroatoms. The Balaban J connectivity index is 1.70. The Hall–Kier alpha value is -2.34. The van der Waals surface area contributed by atoms with Gasteiger partial charge in [0.15, 0.2) is 0 Å². The lowest BCUT2D eigenvalue weighted by molar-refractivity contribution is 0.0592. The molecular weight excluding hydrogens is 378 g/mol. The van der Waals surface area contributed by atoms with Gasteiger partial charge >= 0.3 is 0 Å². The van der Waals surface area contributed by atoms with Crippen LogP contribution in [0.2, 0.25) is 0 Å². The summed E-state index contributed by atoms with van der Waals surface area (Å²) in [5, 5.41) is 5.05. The minimum Gasteiger partial charge on any atom is -0.493 e.